The predicted octanol–water partition coefficient (Wildman–Crippen LogP) is 3.25. The number of carbonyl (C=O) groups is 2. The maximum Gasteiger partial charge on any atom is 0.253 e. The second-order valence-corrected chi connectivity index (χ2v) is 8.16. The van der Waals surface area contributed by atoms with Gasteiger partial charge in [-0.1, -0.05) is 12.1 Å². The number of aryl methyl sites for hydroxylation is 1. The molecule has 0 atom stereocenters. The fourth-order valence-corrected chi connectivity index (χ4v) is 3.97. The molecule has 32 heavy (non-hydrogen) atoms. The van der Waals surface area contributed by atoms with E-state index in [4.69, 9.17) is 0 Å². The summed E-state index contributed by atoms with van der Waals surface area (Å²) < 4.78 is 15.1. The van der Waals surface area contributed by atoms with Gasteiger partial charge < -0.3 is 10.6 Å². The molecule has 1 aliphatic carbocycles. The summed E-state index contributed by atoms with van der Waals surface area (Å²) in [5.74, 6) is -0.548. The second kappa shape index (κ2) is 9.72. The number of aromatic nitrogens is 3. The van der Waals surface area contributed by atoms with Crippen LogP contribution in [0.4, 0.5) is 4.39 Å². The van der Waals surface area contributed by atoms with Gasteiger partial charge in [0.25, 0.3) is 5.91 Å². The molecule has 1 aromatic carbocycles. The van der Waals surface area contributed by atoms with Crippen molar-refractivity contribution in [2.24, 2.45) is 0 Å². The Hall–Kier alpha value is -3.55. The van der Waals surface area contributed by atoms with E-state index in [1.54, 1.807) is 35.1 Å². The van der Waals surface area contributed by atoms with Crippen LogP contribution in [0.5, 0.6) is 0 Å². The summed E-state index contributed by atoms with van der Waals surface area (Å²) in [5, 5.41) is 10.3. The van der Waals surface area contributed by atoms with Crippen LogP contribution in [-0.4, -0.2) is 38.7 Å². The van der Waals surface area contributed by atoms with Crippen molar-refractivity contribution in [2.75, 3.05) is 0 Å². The molecule has 0 bridgehead atoms. The molecule has 166 valence electrons. The van der Waals surface area contributed by atoms with E-state index in [2.05, 4.69) is 20.7 Å². The van der Waals surface area contributed by atoms with E-state index in [0.29, 0.717) is 16.8 Å². The van der Waals surface area contributed by atoms with Gasteiger partial charge in [-0.15, -0.1) is 0 Å². The minimum atomic E-state index is -0.325. The first-order valence-electron chi connectivity index (χ1n) is 10.8. The number of hydrogen-bond donors (Lipinski definition) is 2. The fraction of sp³-hybridized carbons (Fsp3) is 0.333. The SMILES string of the molecule is Cc1ccnn1CC(=O)N[C@H]1CC[C@H](NC(=O)c2ccc(-c3cccc(F)c3)nc2)CC1. The van der Waals surface area contributed by atoms with Crippen molar-refractivity contribution >= 4 is 11.8 Å². The van der Waals surface area contributed by atoms with E-state index in [-0.39, 0.29) is 36.3 Å². The molecule has 1 aliphatic rings. The van der Waals surface area contributed by atoms with Gasteiger partial charge in [0.05, 0.1) is 11.3 Å². The lowest BCUT2D eigenvalue weighted by Gasteiger charge is -2.29. The molecule has 2 heterocycles. The standard InChI is InChI=1S/C24H26FN5O2/c1-16-11-12-27-30(16)15-23(31)28-20-6-8-21(9-7-20)29-24(32)18-5-10-22(26-14-18)17-3-2-4-19(25)13-17/h2-5,10-14,20-21H,6-9,15H2,1H3,(H,28,31)(H,29,32)/t20-,21-. The number of nitrogens with one attached hydrogen (secondary N) is 2. The monoisotopic (exact) mass is 435 g/mol. The van der Waals surface area contributed by atoms with Gasteiger partial charge in [0.1, 0.15) is 12.4 Å². The molecule has 0 radical (unpaired) electrons. The first kappa shape index (κ1) is 21.7. The molecule has 8 heteroatoms. The smallest absolute Gasteiger partial charge is 0.253 e. The topological polar surface area (TPSA) is 88.9 Å². The van der Waals surface area contributed by atoms with E-state index in [1.807, 2.05) is 13.0 Å². The highest BCUT2D eigenvalue weighted by molar-refractivity contribution is 5.94. The first-order chi connectivity index (χ1) is 15.5. The molecule has 0 spiro atoms. The molecule has 3 aromatic rings. The summed E-state index contributed by atoms with van der Waals surface area (Å²) in [6.07, 6.45) is 6.41. The normalized spacial score (nSPS) is 18.2. The second-order valence-electron chi connectivity index (χ2n) is 8.16. The van der Waals surface area contributed by atoms with Gasteiger partial charge in [-0.25, -0.2) is 4.39 Å². The zero-order chi connectivity index (χ0) is 22.5. The molecule has 4 rings (SSSR count). The number of rotatable bonds is 6. The average Bonchev–Trinajstić information content (AvgIpc) is 3.19. The molecule has 1 fully saturated rings. The van der Waals surface area contributed by atoms with Gasteiger partial charge in [-0.2, -0.15) is 5.10 Å². The third-order valence-electron chi connectivity index (χ3n) is 5.80. The molecule has 2 amide bonds. The van der Waals surface area contributed by atoms with Crippen LogP contribution in [0.1, 0.15) is 41.7 Å². The van der Waals surface area contributed by atoms with E-state index in [9.17, 15) is 14.0 Å². The molecule has 7 nitrogen and oxygen atoms in total. The Bertz CT molecular complexity index is 1090. The van der Waals surface area contributed by atoms with Gasteiger partial charge in [-0.05, 0) is 62.9 Å². The van der Waals surface area contributed by atoms with Gasteiger partial charge in [-0.3, -0.25) is 19.3 Å². The number of nitrogens with zero attached hydrogens (tertiary/aromatic N) is 3. The molecule has 0 unspecified atom stereocenters. The van der Waals surface area contributed by atoms with Crippen LogP contribution in [0.2, 0.25) is 0 Å². The Kier molecular flexibility index (Phi) is 6.58. The van der Waals surface area contributed by atoms with Crippen LogP contribution in [0, 0.1) is 12.7 Å². The Labute approximate surface area is 186 Å². The summed E-state index contributed by atoms with van der Waals surface area (Å²) in [7, 11) is 0. The molecule has 2 N–H and O–H groups in total. The molecular weight excluding hydrogens is 409 g/mol. The van der Waals surface area contributed by atoms with Crippen molar-refractivity contribution in [1.29, 1.82) is 0 Å². The fourth-order valence-electron chi connectivity index (χ4n) is 3.97. The van der Waals surface area contributed by atoms with Gasteiger partial charge in [0, 0.05) is 35.7 Å². The largest absolute Gasteiger partial charge is 0.352 e. The van der Waals surface area contributed by atoms with Gasteiger partial charge >= 0.3 is 0 Å². The minimum Gasteiger partial charge on any atom is -0.352 e. The number of amides is 2. The minimum absolute atomic E-state index is 0.0475. The van der Waals surface area contributed by atoms with Crippen LogP contribution in [-0.2, 0) is 11.3 Å². The summed E-state index contributed by atoms with van der Waals surface area (Å²) in [6.45, 7) is 2.13. The Balaban J connectivity index is 1.24. The number of pyridine rings is 1. The maximum atomic E-state index is 13.4. The Morgan fingerprint density at radius 3 is 2.44 bits per heavy atom. The van der Waals surface area contributed by atoms with Crippen molar-refractivity contribution in [3.8, 4) is 11.3 Å². The third kappa shape index (κ3) is 5.38. The third-order valence-corrected chi connectivity index (χ3v) is 5.80. The number of benzene rings is 1. The lowest BCUT2D eigenvalue weighted by molar-refractivity contribution is -0.122. The average molecular weight is 436 g/mol. The Morgan fingerprint density at radius 2 is 1.81 bits per heavy atom. The van der Waals surface area contributed by atoms with Gasteiger partial charge in [0.15, 0.2) is 0 Å². The molecular formula is C24H26FN5O2. The van der Waals surface area contributed by atoms with E-state index in [1.165, 1.54) is 18.3 Å². The molecule has 1 saturated carbocycles. The van der Waals surface area contributed by atoms with Crippen LogP contribution in [0.25, 0.3) is 11.3 Å². The lowest BCUT2D eigenvalue weighted by Crippen LogP contribution is -2.44. The highest BCUT2D eigenvalue weighted by Crippen LogP contribution is 2.20. The zero-order valence-corrected chi connectivity index (χ0v) is 17.9. The zero-order valence-electron chi connectivity index (χ0n) is 17.9. The summed E-state index contributed by atoms with van der Waals surface area (Å²) in [4.78, 5) is 29.2. The quantitative estimate of drug-likeness (QED) is 0.622. The number of carbonyl (C=O) groups excluding carboxylic acids is 2. The molecule has 2 aromatic heterocycles. The number of hydrogen-bond acceptors (Lipinski definition) is 4. The highest BCUT2D eigenvalue weighted by atomic mass is 19.1. The Morgan fingerprint density at radius 1 is 1.06 bits per heavy atom. The summed E-state index contributed by atoms with van der Waals surface area (Å²) in [6, 6.07) is 11.7. The molecule has 0 aliphatic heterocycles. The van der Waals surface area contributed by atoms with Crippen molar-refractivity contribution < 1.29 is 14.0 Å². The van der Waals surface area contributed by atoms with Crippen LogP contribution < -0.4 is 10.6 Å². The van der Waals surface area contributed by atoms with Crippen LogP contribution in [0.3, 0.4) is 0 Å². The maximum absolute atomic E-state index is 13.4. The van der Waals surface area contributed by atoms with Crippen molar-refractivity contribution in [2.45, 2.75) is 51.2 Å². The predicted molar refractivity (Wildman–Crippen MR) is 118 cm³/mol. The van der Waals surface area contributed by atoms with Crippen LogP contribution in [0.15, 0.2) is 54.9 Å². The first-order valence-corrected chi connectivity index (χ1v) is 10.8. The molecule has 0 saturated heterocycles. The van der Waals surface area contributed by atoms with Crippen molar-refractivity contribution in [3.05, 3.63) is 71.9 Å². The lowest BCUT2D eigenvalue weighted by atomic mass is 9.91. The van der Waals surface area contributed by atoms with Crippen molar-refractivity contribution in [3.63, 3.8) is 0 Å². The van der Waals surface area contributed by atoms with E-state index in [0.717, 1.165) is 31.4 Å². The highest BCUT2D eigenvalue weighted by Gasteiger charge is 2.24. The number of halogens is 1. The van der Waals surface area contributed by atoms with Gasteiger partial charge in [0.2, 0.25) is 5.91 Å². The summed E-state index contributed by atoms with van der Waals surface area (Å²) in [5.41, 5.74) is 2.70. The summed E-state index contributed by atoms with van der Waals surface area (Å²) >= 11 is 0. The van der Waals surface area contributed by atoms with E-state index >= 15 is 0 Å². The van der Waals surface area contributed by atoms with Crippen molar-refractivity contribution in [1.82, 2.24) is 25.4 Å². The van der Waals surface area contributed by atoms with E-state index < -0.39 is 0 Å². The van der Waals surface area contributed by atoms with Crippen LogP contribution >= 0.6 is 0 Å².